The second-order valence-electron chi connectivity index (χ2n) is 6.47. The highest BCUT2D eigenvalue weighted by atomic mass is 127. The van der Waals surface area contributed by atoms with Crippen molar-refractivity contribution in [2.24, 2.45) is 0 Å². The molecule has 2 aromatic carbocycles. The minimum absolute atomic E-state index is 0.0168. The van der Waals surface area contributed by atoms with Gasteiger partial charge >= 0.3 is 0 Å². The third kappa shape index (κ3) is 5.52. The predicted molar refractivity (Wildman–Crippen MR) is 135 cm³/mol. The number of nitrogens with one attached hydrogen (secondary N) is 1. The smallest absolute Gasteiger partial charge is 0.265 e. The molecule has 3 rings (SSSR count). The van der Waals surface area contributed by atoms with E-state index in [0.717, 1.165) is 13.6 Å². The second kappa shape index (κ2) is 10.4. The predicted octanol–water partition coefficient (Wildman–Crippen LogP) is 4.45. The first-order chi connectivity index (χ1) is 14.8. The van der Waals surface area contributed by atoms with Crippen molar-refractivity contribution in [3.63, 3.8) is 0 Å². The number of carbonyl (C=O) groups is 2. The van der Waals surface area contributed by atoms with Crippen LogP contribution in [0.1, 0.15) is 11.1 Å². The number of ether oxygens (including phenoxy) is 2. The normalized spacial score (nSPS) is 15.1. The van der Waals surface area contributed by atoms with Gasteiger partial charge in [-0.05, 0) is 76.3 Å². The van der Waals surface area contributed by atoms with E-state index in [1.807, 2.05) is 30.3 Å². The van der Waals surface area contributed by atoms with Crippen LogP contribution in [0.5, 0.6) is 11.5 Å². The molecule has 1 fully saturated rings. The summed E-state index contributed by atoms with van der Waals surface area (Å²) in [5, 5.41) is 2.60. The molecule has 1 N–H and O–H groups in total. The van der Waals surface area contributed by atoms with E-state index in [4.69, 9.17) is 21.7 Å². The van der Waals surface area contributed by atoms with Gasteiger partial charge in [-0.3, -0.25) is 19.8 Å². The van der Waals surface area contributed by atoms with Crippen molar-refractivity contribution in [3.8, 4) is 11.5 Å². The van der Waals surface area contributed by atoms with Crippen molar-refractivity contribution in [1.29, 1.82) is 0 Å². The Hall–Kier alpha value is -2.24. The van der Waals surface area contributed by atoms with E-state index in [9.17, 15) is 9.59 Å². The van der Waals surface area contributed by atoms with E-state index >= 15 is 0 Å². The number of hydrogen-bond acceptors (Lipinski definition) is 5. The van der Waals surface area contributed by atoms with E-state index < -0.39 is 11.8 Å². The summed E-state index contributed by atoms with van der Waals surface area (Å²) in [6, 6.07) is 11.4. The van der Waals surface area contributed by atoms with Gasteiger partial charge in [0.15, 0.2) is 16.6 Å². The lowest BCUT2D eigenvalue weighted by Gasteiger charge is -2.27. The van der Waals surface area contributed by atoms with E-state index in [1.165, 1.54) is 18.1 Å². The quantitative estimate of drug-likeness (QED) is 0.165. The number of benzene rings is 2. The van der Waals surface area contributed by atoms with Gasteiger partial charge in [-0.25, -0.2) is 0 Å². The maximum Gasteiger partial charge on any atom is 0.265 e. The molecule has 0 aromatic heterocycles. The van der Waals surface area contributed by atoms with Gasteiger partial charge in [0.05, 0.1) is 10.7 Å². The molecular formula is C22H18BrIN2O4S. The van der Waals surface area contributed by atoms with Crippen molar-refractivity contribution in [2.45, 2.75) is 6.61 Å². The fourth-order valence-electron chi connectivity index (χ4n) is 2.85. The molecule has 2 aromatic rings. The SMILES string of the molecule is C=CCN1C(=O)/C(=C/c2cc(I)c(OCc3ccc(Br)cc3)c(OC)c2)C(=O)NC1=S. The average molecular weight is 613 g/mol. The van der Waals surface area contributed by atoms with Crippen molar-refractivity contribution >= 4 is 73.7 Å². The van der Waals surface area contributed by atoms with Gasteiger partial charge in [0.25, 0.3) is 11.8 Å². The summed E-state index contributed by atoms with van der Waals surface area (Å²) in [5.74, 6) is 0.0677. The molecule has 31 heavy (non-hydrogen) atoms. The van der Waals surface area contributed by atoms with Crippen molar-refractivity contribution in [2.75, 3.05) is 13.7 Å². The monoisotopic (exact) mass is 612 g/mol. The lowest BCUT2D eigenvalue weighted by Crippen LogP contribution is -2.53. The standard InChI is InChI=1S/C22H18BrIN2O4S/c1-3-8-26-21(28)16(20(27)25-22(26)31)9-14-10-17(24)19(18(11-14)29-2)30-12-13-4-6-15(23)7-5-13/h3-7,9-11H,1,8,12H2,2H3,(H,25,27,31)/b16-9+. The van der Waals surface area contributed by atoms with Crippen LogP contribution in [0.25, 0.3) is 6.08 Å². The minimum Gasteiger partial charge on any atom is -0.493 e. The van der Waals surface area contributed by atoms with Gasteiger partial charge in [-0.1, -0.05) is 34.1 Å². The van der Waals surface area contributed by atoms with Crippen LogP contribution in [-0.2, 0) is 16.2 Å². The van der Waals surface area contributed by atoms with Crippen LogP contribution >= 0.6 is 50.7 Å². The fraction of sp³-hybridized carbons (Fsp3) is 0.136. The van der Waals surface area contributed by atoms with Gasteiger partial charge in [0.2, 0.25) is 0 Å². The molecule has 6 nitrogen and oxygen atoms in total. The van der Waals surface area contributed by atoms with E-state index in [2.05, 4.69) is 50.4 Å². The Kier molecular flexibility index (Phi) is 7.84. The first-order valence-electron chi connectivity index (χ1n) is 9.08. The third-order valence-electron chi connectivity index (χ3n) is 4.36. The Morgan fingerprint density at radius 3 is 2.61 bits per heavy atom. The van der Waals surface area contributed by atoms with Crippen LogP contribution in [0.2, 0.25) is 0 Å². The maximum absolute atomic E-state index is 12.7. The molecule has 0 saturated carbocycles. The number of carbonyl (C=O) groups excluding carboxylic acids is 2. The Bertz CT molecular complexity index is 1090. The summed E-state index contributed by atoms with van der Waals surface area (Å²) in [6.45, 7) is 4.20. The van der Waals surface area contributed by atoms with Gasteiger partial charge in [-0.15, -0.1) is 6.58 Å². The Labute approximate surface area is 207 Å². The molecule has 2 amide bonds. The summed E-state index contributed by atoms with van der Waals surface area (Å²) in [7, 11) is 1.54. The molecule has 0 atom stereocenters. The molecule has 0 radical (unpaired) electrons. The fourth-order valence-corrected chi connectivity index (χ4v) is 4.15. The van der Waals surface area contributed by atoms with Crippen LogP contribution < -0.4 is 14.8 Å². The highest BCUT2D eigenvalue weighted by molar-refractivity contribution is 14.1. The van der Waals surface area contributed by atoms with Crippen LogP contribution in [0.15, 0.2) is 59.1 Å². The molecule has 0 spiro atoms. The van der Waals surface area contributed by atoms with Crippen LogP contribution in [-0.4, -0.2) is 35.5 Å². The molecular weight excluding hydrogens is 595 g/mol. The molecule has 0 bridgehead atoms. The third-order valence-corrected chi connectivity index (χ3v) is 6.01. The number of methoxy groups -OCH3 is 1. The first kappa shape index (κ1) is 23.4. The van der Waals surface area contributed by atoms with Crippen molar-refractivity contribution in [3.05, 3.63) is 73.8 Å². The van der Waals surface area contributed by atoms with Crippen molar-refractivity contribution in [1.82, 2.24) is 10.2 Å². The first-order valence-corrected chi connectivity index (χ1v) is 11.4. The number of hydrogen-bond donors (Lipinski definition) is 1. The van der Waals surface area contributed by atoms with Gasteiger partial charge < -0.3 is 9.47 Å². The summed E-state index contributed by atoms with van der Waals surface area (Å²) in [5.41, 5.74) is 1.62. The molecule has 1 aliphatic heterocycles. The molecule has 0 unspecified atom stereocenters. The largest absolute Gasteiger partial charge is 0.493 e. The molecule has 1 aliphatic rings. The highest BCUT2D eigenvalue weighted by Crippen LogP contribution is 2.35. The number of amides is 2. The van der Waals surface area contributed by atoms with Crippen LogP contribution in [0.4, 0.5) is 0 Å². The van der Waals surface area contributed by atoms with Crippen molar-refractivity contribution < 1.29 is 19.1 Å². The van der Waals surface area contributed by atoms with Gasteiger partial charge in [0.1, 0.15) is 12.2 Å². The maximum atomic E-state index is 12.7. The highest BCUT2D eigenvalue weighted by Gasteiger charge is 2.32. The number of halogens is 2. The molecule has 1 saturated heterocycles. The van der Waals surface area contributed by atoms with E-state index in [1.54, 1.807) is 12.1 Å². The zero-order valence-corrected chi connectivity index (χ0v) is 21.0. The minimum atomic E-state index is -0.542. The van der Waals surface area contributed by atoms with Crippen LogP contribution in [0.3, 0.4) is 0 Å². The number of thiocarbonyl (C=S) groups is 1. The lowest BCUT2D eigenvalue weighted by atomic mass is 10.1. The molecule has 9 heteroatoms. The topological polar surface area (TPSA) is 67.9 Å². The Balaban J connectivity index is 1.88. The van der Waals surface area contributed by atoms with Crippen LogP contribution in [0, 0.1) is 3.57 Å². The summed E-state index contributed by atoms with van der Waals surface area (Å²) >= 11 is 10.6. The summed E-state index contributed by atoms with van der Waals surface area (Å²) in [6.07, 6.45) is 3.06. The summed E-state index contributed by atoms with van der Waals surface area (Å²) in [4.78, 5) is 26.4. The second-order valence-corrected chi connectivity index (χ2v) is 8.94. The Morgan fingerprint density at radius 2 is 1.97 bits per heavy atom. The number of nitrogens with zero attached hydrogens (tertiary/aromatic N) is 1. The molecule has 1 heterocycles. The summed E-state index contributed by atoms with van der Waals surface area (Å²) < 4.78 is 13.3. The van der Waals surface area contributed by atoms with Gasteiger partial charge in [-0.2, -0.15) is 0 Å². The van der Waals surface area contributed by atoms with E-state index in [0.29, 0.717) is 23.7 Å². The average Bonchev–Trinajstić information content (AvgIpc) is 2.74. The Morgan fingerprint density at radius 1 is 1.26 bits per heavy atom. The van der Waals surface area contributed by atoms with E-state index in [-0.39, 0.29) is 17.2 Å². The zero-order chi connectivity index (χ0) is 22.5. The van der Waals surface area contributed by atoms with Gasteiger partial charge in [0, 0.05) is 11.0 Å². The number of rotatable bonds is 7. The molecule has 160 valence electrons. The molecule has 0 aliphatic carbocycles. The lowest BCUT2D eigenvalue weighted by molar-refractivity contribution is -0.128. The zero-order valence-electron chi connectivity index (χ0n) is 16.5.